The van der Waals surface area contributed by atoms with Gasteiger partial charge in [-0.05, 0) is 63.4 Å². The van der Waals surface area contributed by atoms with Gasteiger partial charge in [-0.1, -0.05) is 23.7 Å². The Kier molecular flexibility index (Phi) is 7.98. The maximum Gasteiger partial charge on any atom is 0.223 e. The first-order chi connectivity index (χ1) is 13.7. The quantitative estimate of drug-likeness (QED) is 0.335. The van der Waals surface area contributed by atoms with E-state index in [1.165, 1.54) is 18.4 Å². The molecule has 0 bridgehead atoms. The number of likely N-dealkylation sites (tertiary alicyclic amines) is 1. The molecule has 2 aliphatic rings. The van der Waals surface area contributed by atoms with Gasteiger partial charge >= 0.3 is 0 Å². The van der Waals surface area contributed by atoms with Crippen molar-refractivity contribution in [1.29, 1.82) is 0 Å². The summed E-state index contributed by atoms with van der Waals surface area (Å²) in [4.78, 5) is 19.0. The number of hydrogen-bond acceptors (Lipinski definition) is 3. The van der Waals surface area contributed by atoms with Crippen LogP contribution in [0.5, 0.6) is 0 Å². The van der Waals surface area contributed by atoms with Crippen LogP contribution in [-0.4, -0.2) is 56.0 Å². The predicted octanol–water partition coefficient (Wildman–Crippen LogP) is 2.56. The molecule has 0 aromatic heterocycles. The zero-order chi connectivity index (χ0) is 19.8. The van der Waals surface area contributed by atoms with E-state index in [1.807, 2.05) is 18.2 Å². The first-order valence-corrected chi connectivity index (χ1v) is 10.8. The Morgan fingerprint density at radius 3 is 2.64 bits per heavy atom. The van der Waals surface area contributed by atoms with Crippen molar-refractivity contribution in [2.45, 2.75) is 38.6 Å². The lowest BCUT2D eigenvalue weighted by Crippen LogP contribution is -2.42. The SMILES string of the molecule is CCNC(=NCC(c1cccc(Cl)c1)N1CCCC1)NCCNC(=O)C1CC1. The van der Waals surface area contributed by atoms with Crippen molar-refractivity contribution in [1.82, 2.24) is 20.9 Å². The molecular formula is C21H32ClN5O. The number of amides is 1. The Morgan fingerprint density at radius 2 is 1.96 bits per heavy atom. The topological polar surface area (TPSA) is 68.8 Å². The van der Waals surface area contributed by atoms with Crippen molar-refractivity contribution in [2.24, 2.45) is 10.9 Å². The van der Waals surface area contributed by atoms with Gasteiger partial charge in [0.15, 0.2) is 5.96 Å². The molecule has 1 saturated carbocycles. The zero-order valence-electron chi connectivity index (χ0n) is 16.7. The maximum absolute atomic E-state index is 11.7. The second kappa shape index (κ2) is 10.7. The maximum atomic E-state index is 11.7. The lowest BCUT2D eigenvalue weighted by Gasteiger charge is -2.27. The third kappa shape index (κ3) is 6.38. The molecule has 1 atom stereocenters. The normalized spacial score (nSPS) is 18.7. The van der Waals surface area contributed by atoms with Crippen LogP contribution in [0.1, 0.15) is 44.2 Å². The standard InChI is InChI=1S/C21H32ClN5O/c1-2-23-21(25-11-10-24-20(28)16-8-9-16)26-15-19(27-12-3-4-13-27)17-6-5-7-18(22)14-17/h5-7,14,16,19H,2-4,8-13,15H2,1H3,(H,24,28)(H2,23,25,26). The minimum absolute atomic E-state index is 0.179. The van der Waals surface area contributed by atoms with Gasteiger partial charge in [-0.2, -0.15) is 0 Å². The zero-order valence-corrected chi connectivity index (χ0v) is 17.5. The van der Waals surface area contributed by atoms with E-state index in [0.717, 1.165) is 43.5 Å². The third-order valence-electron chi connectivity index (χ3n) is 5.25. The number of halogens is 1. The van der Waals surface area contributed by atoms with Gasteiger partial charge in [0.05, 0.1) is 12.6 Å². The third-order valence-corrected chi connectivity index (χ3v) is 5.48. The molecule has 154 valence electrons. The number of hydrogen-bond donors (Lipinski definition) is 3. The molecule has 0 radical (unpaired) electrons. The summed E-state index contributed by atoms with van der Waals surface area (Å²) in [7, 11) is 0. The molecular weight excluding hydrogens is 374 g/mol. The molecule has 6 nitrogen and oxygen atoms in total. The van der Waals surface area contributed by atoms with Gasteiger partial charge in [0.25, 0.3) is 0 Å². The van der Waals surface area contributed by atoms with Crippen LogP contribution in [0.25, 0.3) is 0 Å². The summed E-state index contributed by atoms with van der Waals surface area (Å²) in [6.45, 7) is 7.00. The lowest BCUT2D eigenvalue weighted by molar-refractivity contribution is -0.122. The molecule has 1 aromatic rings. The average Bonchev–Trinajstić information content (AvgIpc) is 3.41. The highest BCUT2D eigenvalue weighted by Gasteiger charge is 2.29. The summed E-state index contributed by atoms with van der Waals surface area (Å²) in [6, 6.07) is 8.34. The van der Waals surface area contributed by atoms with Gasteiger partial charge in [0.2, 0.25) is 5.91 Å². The summed E-state index contributed by atoms with van der Waals surface area (Å²) >= 11 is 6.23. The molecule has 3 N–H and O–H groups in total. The Labute approximate surface area is 173 Å². The van der Waals surface area contributed by atoms with Crippen LogP contribution >= 0.6 is 11.6 Å². The number of carbonyl (C=O) groups excluding carboxylic acids is 1. The number of nitrogens with one attached hydrogen (secondary N) is 3. The Morgan fingerprint density at radius 1 is 1.21 bits per heavy atom. The monoisotopic (exact) mass is 405 g/mol. The van der Waals surface area contributed by atoms with Crippen LogP contribution in [0, 0.1) is 5.92 Å². The van der Waals surface area contributed by atoms with Gasteiger partial charge in [-0.15, -0.1) is 0 Å². The highest BCUT2D eigenvalue weighted by molar-refractivity contribution is 6.30. The van der Waals surface area contributed by atoms with Gasteiger partial charge < -0.3 is 16.0 Å². The largest absolute Gasteiger partial charge is 0.357 e. The van der Waals surface area contributed by atoms with Crippen molar-refractivity contribution in [2.75, 3.05) is 39.3 Å². The molecule has 1 amide bonds. The molecule has 2 fully saturated rings. The Bertz CT molecular complexity index is 671. The van der Waals surface area contributed by atoms with Crippen molar-refractivity contribution >= 4 is 23.5 Å². The van der Waals surface area contributed by atoms with Crippen molar-refractivity contribution in [3.63, 3.8) is 0 Å². The second-order valence-electron chi connectivity index (χ2n) is 7.53. The lowest BCUT2D eigenvalue weighted by atomic mass is 10.1. The van der Waals surface area contributed by atoms with Crippen LogP contribution in [0.4, 0.5) is 0 Å². The fourth-order valence-electron chi connectivity index (χ4n) is 3.57. The van der Waals surface area contributed by atoms with Crippen LogP contribution in [0.15, 0.2) is 29.3 Å². The van der Waals surface area contributed by atoms with Crippen LogP contribution < -0.4 is 16.0 Å². The van der Waals surface area contributed by atoms with E-state index in [-0.39, 0.29) is 17.9 Å². The van der Waals surface area contributed by atoms with E-state index >= 15 is 0 Å². The van der Waals surface area contributed by atoms with Gasteiger partial charge in [-0.25, -0.2) is 0 Å². The molecule has 7 heteroatoms. The molecule has 1 aliphatic carbocycles. The first kappa shape index (κ1) is 20.9. The van der Waals surface area contributed by atoms with E-state index in [9.17, 15) is 4.79 Å². The van der Waals surface area contributed by atoms with Crippen LogP contribution in [-0.2, 0) is 4.79 Å². The number of carbonyl (C=O) groups is 1. The summed E-state index contributed by atoms with van der Waals surface area (Å²) in [5, 5.41) is 10.4. The molecule has 3 rings (SSSR count). The van der Waals surface area contributed by atoms with E-state index in [4.69, 9.17) is 16.6 Å². The van der Waals surface area contributed by atoms with Crippen molar-refractivity contribution in [3.8, 4) is 0 Å². The summed E-state index contributed by atoms with van der Waals surface area (Å²) in [6.07, 6.45) is 4.54. The molecule has 1 unspecified atom stereocenters. The van der Waals surface area contributed by atoms with Gasteiger partial charge in [0.1, 0.15) is 0 Å². The second-order valence-corrected chi connectivity index (χ2v) is 7.96. The van der Waals surface area contributed by atoms with Gasteiger partial charge in [-0.3, -0.25) is 14.7 Å². The molecule has 1 aromatic carbocycles. The van der Waals surface area contributed by atoms with Crippen molar-refractivity contribution < 1.29 is 4.79 Å². The molecule has 28 heavy (non-hydrogen) atoms. The predicted molar refractivity (Wildman–Crippen MR) is 115 cm³/mol. The number of benzene rings is 1. The molecule has 0 spiro atoms. The minimum Gasteiger partial charge on any atom is -0.357 e. The molecule has 1 saturated heterocycles. The van der Waals surface area contributed by atoms with Crippen LogP contribution in [0.2, 0.25) is 5.02 Å². The van der Waals surface area contributed by atoms with E-state index in [0.29, 0.717) is 19.6 Å². The molecule has 1 heterocycles. The summed E-state index contributed by atoms with van der Waals surface area (Å²) < 4.78 is 0. The fourth-order valence-corrected chi connectivity index (χ4v) is 3.77. The van der Waals surface area contributed by atoms with Gasteiger partial charge in [0, 0.05) is 30.6 Å². The highest BCUT2D eigenvalue weighted by Crippen LogP contribution is 2.28. The number of rotatable bonds is 9. The van der Waals surface area contributed by atoms with E-state index in [2.05, 4.69) is 33.8 Å². The summed E-state index contributed by atoms with van der Waals surface area (Å²) in [5.74, 6) is 1.22. The summed E-state index contributed by atoms with van der Waals surface area (Å²) in [5.41, 5.74) is 1.21. The number of guanidine groups is 1. The average molecular weight is 406 g/mol. The number of nitrogens with zero attached hydrogens (tertiary/aromatic N) is 2. The van der Waals surface area contributed by atoms with Crippen molar-refractivity contribution in [3.05, 3.63) is 34.9 Å². The van der Waals surface area contributed by atoms with Crippen LogP contribution in [0.3, 0.4) is 0 Å². The molecule has 1 aliphatic heterocycles. The minimum atomic E-state index is 0.179. The Hall–Kier alpha value is -1.79. The van der Waals surface area contributed by atoms with E-state index in [1.54, 1.807) is 0 Å². The Balaban J connectivity index is 1.57. The highest BCUT2D eigenvalue weighted by atomic mass is 35.5. The smallest absolute Gasteiger partial charge is 0.223 e. The number of aliphatic imine (C=N–C) groups is 1. The van der Waals surface area contributed by atoms with E-state index < -0.39 is 0 Å². The first-order valence-electron chi connectivity index (χ1n) is 10.5. The fraction of sp³-hybridized carbons (Fsp3) is 0.619.